The summed E-state index contributed by atoms with van der Waals surface area (Å²) in [5, 5.41) is 9.35. The first kappa shape index (κ1) is 25.6. The lowest BCUT2D eigenvalue weighted by atomic mass is 9.82. The maximum Gasteiger partial charge on any atom is 0.329 e. The van der Waals surface area contributed by atoms with E-state index >= 15 is 0 Å². The van der Waals surface area contributed by atoms with E-state index in [-0.39, 0.29) is 18.6 Å². The van der Waals surface area contributed by atoms with Crippen LogP contribution >= 0.6 is 0 Å². The Kier molecular flexibility index (Phi) is 9.01. The quantitative estimate of drug-likeness (QED) is 0.705. The number of aliphatic carboxylic acids is 1. The van der Waals surface area contributed by atoms with Crippen LogP contribution in [-0.2, 0) is 14.3 Å². The summed E-state index contributed by atoms with van der Waals surface area (Å²) in [6, 6.07) is 14.7. The smallest absolute Gasteiger partial charge is 0.329 e. The fraction of sp³-hybridized carbons (Fsp3) is 0.500. The van der Waals surface area contributed by atoms with Crippen molar-refractivity contribution in [2.45, 2.75) is 32.8 Å². The number of carbonyl (C=O) groups is 1. The van der Waals surface area contributed by atoms with Gasteiger partial charge in [0.2, 0.25) is 0 Å². The first-order valence-electron chi connectivity index (χ1n) is 11.4. The van der Waals surface area contributed by atoms with Crippen molar-refractivity contribution in [1.82, 2.24) is 0 Å². The Bertz CT molecular complexity index is 866. The number of fused-ring (bicyclic) bond motifs is 2. The molecule has 0 aromatic heterocycles. The van der Waals surface area contributed by atoms with Gasteiger partial charge in [-0.05, 0) is 36.1 Å². The minimum absolute atomic E-state index is 0.0669. The highest BCUT2D eigenvalue weighted by atomic mass is 16.6. The molecule has 0 saturated carbocycles. The Morgan fingerprint density at radius 2 is 1.26 bits per heavy atom. The third-order valence-electron chi connectivity index (χ3n) is 5.00. The van der Waals surface area contributed by atoms with Crippen molar-refractivity contribution in [2.75, 3.05) is 46.2 Å². The molecule has 0 fully saturated rings. The molecule has 8 nitrogen and oxygen atoms in total. The van der Waals surface area contributed by atoms with Crippen LogP contribution in [0.1, 0.15) is 27.2 Å². The topological polar surface area (TPSA) is 92.7 Å². The second-order valence-electron chi connectivity index (χ2n) is 9.38. The Balaban J connectivity index is 1.94. The number of benzene rings is 2. The van der Waals surface area contributed by atoms with Crippen molar-refractivity contribution in [3.63, 3.8) is 0 Å². The average Bonchev–Trinajstić information content (AvgIpc) is 2.79. The van der Waals surface area contributed by atoms with Crippen LogP contribution in [0, 0.1) is 5.41 Å². The van der Waals surface area contributed by atoms with E-state index < -0.39 is 18.2 Å². The number of hydrogen-bond donors (Lipinski definition) is 1. The summed E-state index contributed by atoms with van der Waals surface area (Å²) in [7, 11) is 0. The molecule has 3 rings (SSSR count). The Labute approximate surface area is 200 Å². The molecule has 1 aliphatic heterocycles. The molecule has 2 aromatic rings. The molecule has 0 spiro atoms. The summed E-state index contributed by atoms with van der Waals surface area (Å²) < 4.78 is 35.7. The molecule has 186 valence electrons. The van der Waals surface area contributed by atoms with E-state index in [1.807, 2.05) is 48.5 Å². The Hall–Kier alpha value is -2.97. The molecule has 2 aromatic carbocycles. The Morgan fingerprint density at radius 3 is 1.68 bits per heavy atom. The van der Waals surface area contributed by atoms with Crippen molar-refractivity contribution in [3.05, 3.63) is 48.5 Å². The molecule has 1 heterocycles. The van der Waals surface area contributed by atoms with Crippen LogP contribution in [0.2, 0.25) is 0 Å². The zero-order chi connectivity index (χ0) is 24.4. The van der Waals surface area contributed by atoms with Crippen LogP contribution in [0.3, 0.4) is 0 Å². The predicted molar refractivity (Wildman–Crippen MR) is 126 cm³/mol. The van der Waals surface area contributed by atoms with Crippen molar-refractivity contribution in [1.29, 1.82) is 0 Å². The molecule has 0 saturated heterocycles. The third-order valence-corrected chi connectivity index (χ3v) is 5.00. The van der Waals surface area contributed by atoms with Crippen molar-refractivity contribution >= 4 is 5.97 Å². The van der Waals surface area contributed by atoms with Crippen LogP contribution in [0.15, 0.2) is 48.5 Å². The molecule has 8 heteroatoms. The van der Waals surface area contributed by atoms with Gasteiger partial charge in [0.25, 0.3) is 0 Å². The van der Waals surface area contributed by atoms with Gasteiger partial charge in [-0.1, -0.05) is 45.0 Å². The highest BCUT2D eigenvalue weighted by molar-refractivity contribution is 5.68. The van der Waals surface area contributed by atoms with Gasteiger partial charge < -0.3 is 33.5 Å². The van der Waals surface area contributed by atoms with Gasteiger partial charge >= 0.3 is 5.97 Å². The van der Waals surface area contributed by atoms with Crippen molar-refractivity contribution in [2.24, 2.45) is 5.41 Å². The number of carboxylic acid groups (broad SMARTS) is 1. The van der Waals surface area contributed by atoms with E-state index in [4.69, 9.17) is 28.4 Å². The number of hydrogen-bond acceptors (Lipinski definition) is 7. The minimum Gasteiger partial charge on any atom is -0.487 e. The van der Waals surface area contributed by atoms with Gasteiger partial charge in [0.1, 0.15) is 38.6 Å². The monoisotopic (exact) mass is 474 g/mol. The van der Waals surface area contributed by atoms with E-state index in [0.717, 1.165) is 0 Å². The number of rotatable bonds is 4. The van der Waals surface area contributed by atoms with Gasteiger partial charge in [0.15, 0.2) is 23.0 Å². The van der Waals surface area contributed by atoms with Gasteiger partial charge in [-0.2, -0.15) is 0 Å². The lowest BCUT2D eigenvalue weighted by Gasteiger charge is -2.38. The summed E-state index contributed by atoms with van der Waals surface area (Å²) >= 11 is 0. The molecule has 0 atom stereocenters. The molecule has 0 aliphatic carbocycles. The largest absolute Gasteiger partial charge is 0.487 e. The second kappa shape index (κ2) is 11.9. The fourth-order valence-corrected chi connectivity index (χ4v) is 3.78. The molecular formula is C26H34O8. The zero-order valence-electron chi connectivity index (χ0n) is 20.1. The molecule has 34 heavy (non-hydrogen) atoms. The van der Waals surface area contributed by atoms with Crippen LogP contribution in [0.25, 0.3) is 0 Å². The maximum atomic E-state index is 11.4. The molecule has 0 amide bonds. The van der Waals surface area contributed by atoms with Gasteiger partial charge in [0.05, 0.1) is 13.2 Å². The molecular weight excluding hydrogens is 440 g/mol. The predicted octanol–water partition coefficient (Wildman–Crippen LogP) is 4.21. The molecule has 0 unspecified atom stereocenters. The van der Waals surface area contributed by atoms with Crippen molar-refractivity contribution in [3.8, 4) is 23.0 Å². The summed E-state index contributed by atoms with van der Waals surface area (Å²) in [6.45, 7) is 7.33. The van der Waals surface area contributed by atoms with E-state index in [9.17, 15) is 9.90 Å². The summed E-state index contributed by atoms with van der Waals surface area (Å²) in [4.78, 5) is 11.4. The fourth-order valence-electron chi connectivity index (χ4n) is 3.78. The van der Waals surface area contributed by atoms with Crippen LogP contribution in [0.5, 0.6) is 23.0 Å². The number of carboxylic acids is 1. The van der Waals surface area contributed by atoms with Gasteiger partial charge in [-0.3, -0.25) is 0 Å². The van der Waals surface area contributed by atoms with Crippen LogP contribution in [0.4, 0.5) is 0 Å². The van der Waals surface area contributed by atoms with E-state index in [2.05, 4.69) is 20.8 Å². The van der Waals surface area contributed by atoms with Crippen LogP contribution < -0.4 is 18.9 Å². The van der Waals surface area contributed by atoms with E-state index in [1.165, 1.54) is 0 Å². The van der Waals surface area contributed by atoms with Gasteiger partial charge in [0, 0.05) is 0 Å². The highest BCUT2D eigenvalue weighted by Gasteiger charge is 2.39. The lowest BCUT2D eigenvalue weighted by molar-refractivity contribution is -0.160. The van der Waals surface area contributed by atoms with Crippen molar-refractivity contribution < 1.29 is 38.3 Å². The average molecular weight is 475 g/mol. The third kappa shape index (κ3) is 8.11. The van der Waals surface area contributed by atoms with Crippen LogP contribution in [-0.4, -0.2) is 62.9 Å². The first-order chi connectivity index (χ1) is 16.3. The van der Waals surface area contributed by atoms with E-state index in [1.54, 1.807) is 0 Å². The maximum absolute atomic E-state index is 11.4. The summed E-state index contributed by atoms with van der Waals surface area (Å²) in [5.41, 5.74) is -1.24. The first-order valence-corrected chi connectivity index (χ1v) is 11.4. The standard InChI is InChI=1S/C26H34O8/c1-25(2,3)17-26(34-16-24(27)28)18-32-22-10-6-4-8-20(22)30-14-12-29-13-15-31-21-9-5-7-11-23(21)33-19-26/h4-11H,12-19H2,1-3H3,(H,27,28). The molecule has 0 radical (unpaired) electrons. The highest BCUT2D eigenvalue weighted by Crippen LogP contribution is 2.35. The lowest BCUT2D eigenvalue weighted by Crippen LogP contribution is -2.48. The zero-order valence-corrected chi connectivity index (χ0v) is 20.1. The molecule has 0 bridgehead atoms. The SMILES string of the molecule is CC(C)(C)CC1(OCC(=O)O)COc2ccccc2OCCOCCOc2ccccc2OC1. The van der Waals surface area contributed by atoms with Gasteiger partial charge in [-0.25, -0.2) is 4.79 Å². The molecule has 1 aliphatic rings. The number of ether oxygens (including phenoxy) is 6. The minimum atomic E-state index is -1.06. The Morgan fingerprint density at radius 1 is 0.824 bits per heavy atom. The second-order valence-corrected chi connectivity index (χ2v) is 9.38. The number of para-hydroxylation sites is 4. The molecule has 1 N–H and O–H groups in total. The summed E-state index contributed by atoms with van der Waals surface area (Å²) in [6.07, 6.45) is 0.493. The van der Waals surface area contributed by atoms with Gasteiger partial charge in [-0.15, -0.1) is 0 Å². The van der Waals surface area contributed by atoms with E-state index in [0.29, 0.717) is 55.8 Å². The normalized spacial score (nSPS) is 17.0. The summed E-state index contributed by atoms with van der Waals surface area (Å²) in [5.74, 6) is 1.16.